The van der Waals surface area contributed by atoms with Crippen LogP contribution in [-0.4, -0.2) is 54.3 Å². The van der Waals surface area contributed by atoms with Crippen LogP contribution in [0.25, 0.3) is 0 Å². The zero-order chi connectivity index (χ0) is 21.6. The van der Waals surface area contributed by atoms with Crippen molar-refractivity contribution in [3.8, 4) is 11.5 Å². The van der Waals surface area contributed by atoms with Crippen LogP contribution in [0.4, 0.5) is 5.69 Å². The van der Waals surface area contributed by atoms with E-state index >= 15 is 0 Å². The highest BCUT2D eigenvalue weighted by Gasteiger charge is 2.23. The highest BCUT2D eigenvalue weighted by Crippen LogP contribution is 2.33. The number of sulfone groups is 1. The molecule has 0 aromatic heterocycles. The fraction of sp³-hybridized carbons (Fsp3) is 0.381. The number of carbonyl (C=O) groups is 1. The SMILES string of the molecule is COc1ccc(S(=O)(=O)c2ccccc2NCC(=O)NCC2CCCO2)cc1OC. The molecule has 1 aliphatic rings. The van der Waals surface area contributed by atoms with Gasteiger partial charge in [-0.25, -0.2) is 8.42 Å². The zero-order valence-corrected chi connectivity index (χ0v) is 17.8. The topological polar surface area (TPSA) is 103 Å². The molecule has 3 rings (SSSR count). The minimum absolute atomic E-state index is 0.0478. The molecule has 2 N–H and O–H groups in total. The molecule has 0 aliphatic carbocycles. The van der Waals surface area contributed by atoms with Gasteiger partial charge in [0.15, 0.2) is 11.5 Å². The Hall–Kier alpha value is -2.78. The standard InChI is InChI=1S/C21H26N2O6S/c1-27-18-10-9-16(12-19(18)28-2)30(25,26)20-8-4-3-7-17(20)22-14-21(24)23-13-15-6-5-11-29-15/h3-4,7-10,12,15,22H,5-6,11,13-14H2,1-2H3,(H,23,24). The highest BCUT2D eigenvalue weighted by atomic mass is 32.2. The quantitative estimate of drug-likeness (QED) is 0.624. The van der Waals surface area contributed by atoms with E-state index in [0.29, 0.717) is 23.7 Å². The summed E-state index contributed by atoms with van der Waals surface area (Å²) in [6.45, 7) is 1.12. The second kappa shape index (κ2) is 9.82. The van der Waals surface area contributed by atoms with E-state index in [1.165, 1.54) is 32.4 Å². The summed E-state index contributed by atoms with van der Waals surface area (Å²) in [5.41, 5.74) is 0.347. The summed E-state index contributed by atoms with van der Waals surface area (Å²) in [7, 11) is -0.926. The Morgan fingerprint density at radius 2 is 1.90 bits per heavy atom. The maximum Gasteiger partial charge on any atom is 0.239 e. The summed E-state index contributed by atoms with van der Waals surface area (Å²) in [4.78, 5) is 12.3. The maximum atomic E-state index is 13.2. The van der Waals surface area contributed by atoms with Crippen LogP contribution in [0.3, 0.4) is 0 Å². The number of ether oxygens (including phenoxy) is 3. The fourth-order valence-electron chi connectivity index (χ4n) is 3.23. The number of amides is 1. The predicted octanol–water partition coefficient (Wildman–Crippen LogP) is 2.24. The molecule has 2 aromatic rings. The summed E-state index contributed by atoms with van der Waals surface area (Å²) in [5.74, 6) is 0.520. The van der Waals surface area contributed by atoms with E-state index in [-0.39, 0.29) is 28.3 Å². The van der Waals surface area contributed by atoms with Gasteiger partial charge in [0.2, 0.25) is 15.7 Å². The number of para-hydroxylation sites is 1. The smallest absolute Gasteiger partial charge is 0.239 e. The van der Waals surface area contributed by atoms with Crippen LogP contribution in [0, 0.1) is 0 Å². The molecule has 0 bridgehead atoms. The number of methoxy groups -OCH3 is 2. The zero-order valence-electron chi connectivity index (χ0n) is 17.0. The molecule has 1 fully saturated rings. The first-order chi connectivity index (χ1) is 14.5. The third kappa shape index (κ3) is 5.03. The van der Waals surface area contributed by atoms with E-state index in [9.17, 15) is 13.2 Å². The molecule has 1 amide bonds. The second-order valence-electron chi connectivity index (χ2n) is 6.81. The molecule has 162 valence electrons. The number of carbonyl (C=O) groups excluding carboxylic acids is 1. The van der Waals surface area contributed by atoms with Crippen molar-refractivity contribution in [1.29, 1.82) is 0 Å². The normalized spacial score (nSPS) is 16.1. The molecule has 1 aliphatic heterocycles. The van der Waals surface area contributed by atoms with Crippen LogP contribution in [0.5, 0.6) is 11.5 Å². The summed E-state index contributed by atoms with van der Waals surface area (Å²) in [6.07, 6.45) is 1.98. The highest BCUT2D eigenvalue weighted by molar-refractivity contribution is 7.91. The molecule has 1 atom stereocenters. The molecular formula is C21H26N2O6S. The van der Waals surface area contributed by atoms with Gasteiger partial charge in [0.25, 0.3) is 0 Å². The monoisotopic (exact) mass is 434 g/mol. The number of hydrogen-bond acceptors (Lipinski definition) is 7. The summed E-state index contributed by atoms with van der Waals surface area (Å²) in [6, 6.07) is 10.9. The van der Waals surface area contributed by atoms with Crippen LogP contribution in [0.2, 0.25) is 0 Å². The van der Waals surface area contributed by atoms with Crippen molar-refractivity contribution in [2.24, 2.45) is 0 Å². The minimum Gasteiger partial charge on any atom is -0.493 e. The molecule has 9 heteroatoms. The van der Waals surface area contributed by atoms with Crippen LogP contribution in [0.15, 0.2) is 52.3 Å². The van der Waals surface area contributed by atoms with Crippen molar-refractivity contribution < 1.29 is 27.4 Å². The molecule has 2 aromatic carbocycles. The Kier molecular flexibility index (Phi) is 7.17. The third-order valence-electron chi connectivity index (χ3n) is 4.83. The fourth-order valence-corrected chi connectivity index (χ4v) is 4.68. The number of nitrogens with one attached hydrogen (secondary N) is 2. The first-order valence-corrected chi connectivity index (χ1v) is 11.1. The summed E-state index contributed by atoms with van der Waals surface area (Å²) < 4.78 is 42.3. The lowest BCUT2D eigenvalue weighted by Gasteiger charge is -2.15. The average Bonchev–Trinajstić information content (AvgIpc) is 3.29. The molecule has 0 radical (unpaired) electrons. The Morgan fingerprint density at radius 1 is 1.13 bits per heavy atom. The van der Waals surface area contributed by atoms with E-state index in [0.717, 1.165) is 19.4 Å². The van der Waals surface area contributed by atoms with E-state index < -0.39 is 9.84 Å². The molecule has 1 heterocycles. The van der Waals surface area contributed by atoms with Crippen molar-refractivity contribution in [3.05, 3.63) is 42.5 Å². The molecule has 1 unspecified atom stereocenters. The van der Waals surface area contributed by atoms with Crippen LogP contribution in [0.1, 0.15) is 12.8 Å². The van der Waals surface area contributed by atoms with E-state index in [2.05, 4.69) is 10.6 Å². The van der Waals surface area contributed by atoms with Gasteiger partial charge in [0, 0.05) is 19.2 Å². The van der Waals surface area contributed by atoms with Gasteiger partial charge in [-0.1, -0.05) is 12.1 Å². The lowest BCUT2D eigenvalue weighted by atomic mass is 10.2. The largest absolute Gasteiger partial charge is 0.493 e. The van der Waals surface area contributed by atoms with Crippen LogP contribution < -0.4 is 20.1 Å². The molecular weight excluding hydrogens is 408 g/mol. The van der Waals surface area contributed by atoms with Gasteiger partial charge >= 0.3 is 0 Å². The summed E-state index contributed by atoms with van der Waals surface area (Å²) in [5, 5.41) is 5.73. The van der Waals surface area contributed by atoms with Gasteiger partial charge in [0.05, 0.1) is 42.3 Å². The van der Waals surface area contributed by atoms with Crippen LogP contribution >= 0.6 is 0 Å². The van der Waals surface area contributed by atoms with Crippen LogP contribution in [-0.2, 0) is 19.4 Å². The lowest BCUT2D eigenvalue weighted by Crippen LogP contribution is -2.35. The van der Waals surface area contributed by atoms with E-state index in [1.54, 1.807) is 24.3 Å². The molecule has 0 saturated carbocycles. The molecule has 1 saturated heterocycles. The Bertz CT molecular complexity index is 987. The van der Waals surface area contributed by atoms with Crippen molar-refractivity contribution >= 4 is 21.4 Å². The lowest BCUT2D eigenvalue weighted by molar-refractivity contribution is -0.119. The first-order valence-electron chi connectivity index (χ1n) is 9.64. The van der Waals surface area contributed by atoms with Gasteiger partial charge in [-0.15, -0.1) is 0 Å². The van der Waals surface area contributed by atoms with E-state index in [4.69, 9.17) is 14.2 Å². The Labute approximate surface area is 176 Å². The van der Waals surface area contributed by atoms with Crippen molar-refractivity contribution in [2.75, 3.05) is 39.2 Å². The predicted molar refractivity (Wildman–Crippen MR) is 112 cm³/mol. The number of hydrogen-bond donors (Lipinski definition) is 2. The maximum absolute atomic E-state index is 13.2. The van der Waals surface area contributed by atoms with Crippen molar-refractivity contribution in [1.82, 2.24) is 5.32 Å². The first kappa shape index (κ1) is 21.9. The molecule has 30 heavy (non-hydrogen) atoms. The number of benzene rings is 2. The van der Waals surface area contributed by atoms with Gasteiger partial charge in [-0.2, -0.15) is 0 Å². The minimum atomic E-state index is -3.85. The Balaban J connectivity index is 1.74. The molecule has 8 nitrogen and oxygen atoms in total. The van der Waals surface area contributed by atoms with Gasteiger partial charge < -0.3 is 24.8 Å². The van der Waals surface area contributed by atoms with Gasteiger partial charge in [0.1, 0.15) is 0 Å². The average molecular weight is 435 g/mol. The van der Waals surface area contributed by atoms with Gasteiger partial charge in [-0.05, 0) is 37.1 Å². The van der Waals surface area contributed by atoms with Crippen molar-refractivity contribution in [2.45, 2.75) is 28.7 Å². The molecule has 0 spiro atoms. The summed E-state index contributed by atoms with van der Waals surface area (Å²) >= 11 is 0. The number of rotatable bonds is 9. The van der Waals surface area contributed by atoms with Crippen molar-refractivity contribution in [3.63, 3.8) is 0 Å². The van der Waals surface area contributed by atoms with Gasteiger partial charge in [-0.3, -0.25) is 4.79 Å². The van der Waals surface area contributed by atoms with E-state index in [1.807, 2.05) is 0 Å². The Morgan fingerprint density at radius 3 is 2.60 bits per heavy atom. The number of anilines is 1. The third-order valence-corrected chi connectivity index (χ3v) is 6.64. The second-order valence-corrected chi connectivity index (χ2v) is 8.73.